The minimum absolute atomic E-state index is 0.301. The number of aromatic hydroxyl groups is 1. The third-order valence-corrected chi connectivity index (χ3v) is 4.02. The first-order valence-corrected chi connectivity index (χ1v) is 7.88. The van der Waals surface area contributed by atoms with Crippen molar-refractivity contribution in [3.05, 3.63) is 90.6 Å². The molecule has 3 aromatic carbocycles. The molecule has 24 heavy (non-hydrogen) atoms. The van der Waals surface area contributed by atoms with E-state index >= 15 is 0 Å². The van der Waals surface area contributed by atoms with Crippen LogP contribution in [0.4, 0.5) is 0 Å². The van der Waals surface area contributed by atoms with Gasteiger partial charge in [-0.05, 0) is 35.9 Å². The lowest BCUT2D eigenvalue weighted by atomic mass is 10.2. The first-order valence-electron chi connectivity index (χ1n) is 7.88. The molecule has 0 spiro atoms. The lowest BCUT2D eigenvalue weighted by Gasteiger charge is -2.08. The Balaban J connectivity index is 1.53. The predicted molar refractivity (Wildman–Crippen MR) is 95.7 cm³/mol. The van der Waals surface area contributed by atoms with Crippen molar-refractivity contribution in [2.45, 2.75) is 6.54 Å². The molecule has 0 bridgehead atoms. The van der Waals surface area contributed by atoms with E-state index in [-0.39, 0.29) is 0 Å². The number of para-hydroxylation sites is 1. The summed E-state index contributed by atoms with van der Waals surface area (Å²) in [7, 11) is 0. The summed E-state index contributed by atoms with van der Waals surface area (Å²) in [5, 5.41) is 12.3. The van der Waals surface area contributed by atoms with E-state index in [2.05, 4.69) is 0 Å². The molecule has 0 aliphatic heterocycles. The number of benzene rings is 3. The molecule has 0 saturated heterocycles. The second-order valence-corrected chi connectivity index (χ2v) is 5.73. The zero-order valence-corrected chi connectivity index (χ0v) is 13.1. The Labute approximate surface area is 140 Å². The van der Waals surface area contributed by atoms with Gasteiger partial charge in [0.05, 0.1) is 6.54 Å². The quantitative estimate of drug-likeness (QED) is 0.562. The summed E-state index contributed by atoms with van der Waals surface area (Å²) in [5.41, 5.74) is 1.10. The Morgan fingerprint density at radius 2 is 1.42 bits per heavy atom. The molecule has 0 amide bonds. The fourth-order valence-corrected chi connectivity index (χ4v) is 2.80. The molecule has 3 nitrogen and oxygen atoms in total. The minimum Gasteiger partial charge on any atom is -0.494 e. The molecule has 1 N–H and O–H groups in total. The van der Waals surface area contributed by atoms with Gasteiger partial charge in [-0.2, -0.15) is 0 Å². The molecule has 118 valence electrons. The zero-order valence-electron chi connectivity index (χ0n) is 13.1. The molecule has 4 rings (SSSR count). The highest BCUT2D eigenvalue weighted by molar-refractivity contribution is 5.87. The highest BCUT2D eigenvalue weighted by Crippen LogP contribution is 2.28. The van der Waals surface area contributed by atoms with E-state index in [1.54, 1.807) is 0 Å². The highest BCUT2D eigenvalue weighted by Gasteiger charge is 2.07. The van der Waals surface area contributed by atoms with Crippen LogP contribution in [0.15, 0.2) is 85.1 Å². The number of nitrogens with zero attached hydrogens (tertiary/aromatic N) is 1. The van der Waals surface area contributed by atoms with Crippen molar-refractivity contribution in [1.82, 2.24) is 4.57 Å². The van der Waals surface area contributed by atoms with Crippen LogP contribution in [0.1, 0.15) is 5.56 Å². The summed E-state index contributed by atoms with van der Waals surface area (Å²) in [5.74, 6) is 1.92. The first kappa shape index (κ1) is 14.4. The van der Waals surface area contributed by atoms with Gasteiger partial charge in [0.25, 0.3) is 0 Å². The van der Waals surface area contributed by atoms with Crippen LogP contribution in [0.5, 0.6) is 17.4 Å². The van der Waals surface area contributed by atoms with Crippen molar-refractivity contribution in [2.75, 3.05) is 0 Å². The van der Waals surface area contributed by atoms with Crippen LogP contribution < -0.4 is 4.74 Å². The van der Waals surface area contributed by atoms with Gasteiger partial charge in [-0.15, -0.1) is 0 Å². The predicted octanol–water partition coefficient (Wildman–Crippen LogP) is 5.19. The molecule has 0 aliphatic rings. The molecular weight excluding hydrogens is 298 g/mol. The van der Waals surface area contributed by atoms with E-state index in [1.807, 2.05) is 89.6 Å². The standard InChI is InChI=1S/C21H17NO2/c23-21-20-9-5-4-6-17(20)15-22(21)14-16-10-12-19(13-11-16)24-18-7-2-1-3-8-18/h1-13,15,23H,14H2. The zero-order chi connectivity index (χ0) is 16.4. The lowest BCUT2D eigenvalue weighted by Crippen LogP contribution is -1.97. The van der Waals surface area contributed by atoms with Crippen molar-refractivity contribution in [1.29, 1.82) is 0 Å². The largest absolute Gasteiger partial charge is 0.494 e. The first-order chi connectivity index (χ1) is 11.8. The number of hydrogen-bond acceptors (Lipinski definition) is 2. The smallest absolute Gasteiger partial charge is 0.199 e. The molecule has 0 atom stereocenters. The van der Waals surface area contributed by atoms with E-state index in [9.17, 15) is 5.11 Å². The monoisotopic (exact) mass is 315 g/mol. The van der Waals surface area contributed by atoms with Crippen molar-refractivity contribution in [2.24, 2.45) is 0 Å². The number of aromatic nitrogens is 1. The molecular formula is C21H17NO2. The summed E-state index contributed by atoms with van der Waals surface area (Å²) >= 11 is 0. The van der Waals surface area contributed by atoms with Crippen LogP contribution in [0.25, 0.3) is 10.8 Å². The van der Waals surface area contributed by atoms with Gasteiger partial charge < -0.3 is 14.4 Å². The molecule has 4 aromatic rings. The molecule has 1 aromatic heterocycles. The van der Waals surface area contributed by atoms with Gasteiger partial charge in [0, 0.05) is 17.0 Å². The van der Waals surface area contributed by atoms with Crippen molar-refractivity contribution < 1.29 is 9.84 Å². The van der Waals surface area contributed by atoms with E-state index in [0.717, 1.165) is 27.8 Å². The fourth-order valence-electron chi connectivity index (χ4n) is 2.80. The van der Waals surface area contributed by atoms with Gasteiger partial charge in [0.2, 0.25) is 0 Å². The topological polar surface area (TPSA) is 34.4 Å². The molecule has 0 aliphatic carbocycles. The summed E-state index contributed by atoms with van der Waals surface area (Å²) in [6.07, 6.45) is 1.97. The number of fused-ring (bicyclic) bond motifs is 1. The van der Waals surface area contributed by atoms with Crippen LogP contribution in [0, 0.1) is 0 Å². The highest BCUT2D eigenvalue weighted by atomic mass is 16.5. The summed E-state index contributed by atoms with van der Waals surface area (Å²) < 4.78 is 7.66. The van der Waals surface area contributed by atoms with Gasteiger partial charge in [-0.25, -0.2) is 0 Å². The third kappa shape index (κ3) is 2.84. The average Bonchev–Trinajstić information content (AvgIpc) is 2.94. The lowest BCUT2D eigenvalue weighted by molar-refractivity contribution is 0.430. The molecule has 0 fully saturated rings. The molecule has 3 heteroatoms. The Kier molecular flexibility index (Phi) is 3.67. The molecule has 0 unspecified atom stereocenters. The molecule has 1 heterocycles. The van der Waals surface area contributed by atoms with E-state index in [0.29, 0.717) is 12.4 Å². The van der Waals surface area contributed by atoms with Gasteiger partial charge in [0.15, 0.2) is 5.88 Å². The maximum Gasteiger partial charge on any atom is 0.199 e. The second kappa shape index (κ2) is 6.13. The Morgan fingerprint density at radius 3 is 2.17 bits per heavy atom. The SMILES string of the molecule is Oc1c2ccccc2cn1Cc1ccc(Oc2ccccc2)cc1. The Hall–Kier alpha value is -3.20. The van der Waals surface area contributed by atoms with Crippen LogP contribution >= 0.6 is 0 Å². The Bertz CT molecular complexity index is 956. The summed E-state index contributed by atoms with van der Waals surface area (Å²) in [6.45, 7) is 0.617. The maximum atomic E-state index is 10.3. The van der Waals surface area contributed by atoms with Crippen LogP contribution in [0.2, 0.25) is 0 Å². The summed E-state index contributed by atoms with van der Waals surface area (Å²) in [6, 6.07) is 25.5. The van der Waals surface area contributed by atoms with E-state index in [1.165, 1.54) is 0 Å². The van der Waals surface area contributed by atoms with Crippen molar-refractivity contribution in [3.63, 3.8) is 0 Å². The normalized spacial score (nSPS) is 10.8. The average molecular weight is 315 g/mol. The van der Waals surface area contributed by atoms with Gasteiger partial charge in [-0.3, -0.25) is 0 Å². The minimum atomic E-state index is 0.301. The summed E-state index contributed by atoms with van der Waals surface area (Å²) in [4.78, 5) is 0. The number of rotatable bonds is 4. The number of ether oxygens (including phenoxy) is 1. The van der Waals surface area contributed by atoms with Crippen LogP contribution in [0.3, 0.4) is 0 Å². The van der Waals surface area contributed by atoms with Crippen LogP contribution in [-0.2, 0) is 6.54 Å². The molecule has 0 radical (unpaired) electrons. The number of hydrogen-bond donors (Lipinski definition) is 1. The van der Waals surface area contributed by atoms with E-state index < -0.39 is 0 Å². The maximum absolute atomic E-state index is 10.3. The van der Waals surface area contributed by atoms with Crippen LogP contribution in [-0.4, -0.2) is 9.67 Å². The Morgan fingerprint density at radius 1 is 0.750 bits per heavy atom. The fraction of sp³-hybridized carbons (Fsp3) is 0.0476. The van der Waals surface area contributed by atoms with Gasteiger partial charge >= 0.3 is 0 Å². The van der Waals surface area contributed by atoms with E-state index in [4.69, 9.17) is 4.74 Å². The molecule has 0 saturated carbocycles. The van der Waals surface area contributed by atoms with Crippen molar-refractivity contribution >= 4 is 10.8 Å². The van der Waals surface area contributed by atoms with Crippen molar-refractivity contribution in [3.8, 4) is 17.4 Å². The second-order valence-electron chi connectivity index (χ2n) is 5.73. The van der Waals surface area contributed by atoms with Gasteiger partial charge in [-0.1, -0.05) is 48.5 Å². The van der Waals surface area contributed by atoms with Gasteiger partial charge in [0.1, 0.15) is 11.5 Å². The third-order valence-electron chi connectivity index (χ3n) is 4.02.